The van der Waals surface area contributed by atoms with Crippen LogP contribution in [0.5, 0.6) is 5.75 Å². The third-order valence-electron chi connectivity index (χ3n) is 3.65. The molecule has 25 heavy (non-hydrogen) atoms. The molecule has 0 aliphatic carbocycles. The number of ether oxygens (including phenoxy) is 1. The summed E-state index contributed by atoms with van der Waals surface area (Å²) in [5.74, 6) is -0.294. The van der Waals surface area contributed by atoms with Crippen LogP contribution < -0.4 is 15.4 Å². The van der Waals surface area contributed by atoms with Gasteiger partial charge in [-0.2, -0.15) is 0 Å². The van der Waals surface area contributed by atoms with Gasteiger partial charge in [0, 0.05) is 11.4 Å². The van der Waals surface area contributed by atoms with E-state index in [4.69, 9.17) is 4.74 Å². The first kappa shape index (κ1) is 16.5. The van der Waals surface area contributed by atoms with Crippen LogP contribution in [0.15, 0.2) is 72.8 Å². The van der Waals surface area contributed by atoms with Gasteiger partial charge in [-0.3, -0.25) is 4.79 Å². The summed E-state index contributed by atoms with van der Waals surface area (Å²) in [5.41, 5.74) is 2.28. The molecule has 0 radical (unpaired) electrons. The number of nitrogens with one attached hydrogen (secondary N) is 2. The van der Waals surface area contributed by atoms with E-state index in [0.717, 1.165) is 17.1 Å². The monoisotopic (exact) mass is 336 g/mol. The molecule has 4 nitrogen and oxygen atoms in total. The zero-order valence-electron chi connectivity index (χ0n) is 13.6. The van der Waals surface area contributed by atoms with Gasteiger partial charge in [0.1, 0.15) is 11.6 Å². The summed E-state index contributed by atoms with van der Waals surface area (Å²) in [6.45, 7) is 0. The van der Waals surface area contributed by atoms with E-state index in [0.29, 0.717) is 5.69 Å². The van der Waals surface area contributed by atoms with E-state index < -0.39 is 11.7 Å². The molecule has 3 aromatic rings. The van der Waals surface area contributed by atoms with Gasteiger partial charge in [-0.25, -0.2) is 4.39 Å². The second-order valence-electron chi connectivity index (χ2n) is 5.34. The smallest absolute Gasteiger partial charge is 0.258 e. The predicted octanol–water partition coefficient (Wildman–Crippen LogP) is 4.83. The molecule has 2 N–H and O–H groups in total. The second kappa shape index (κ2) is 7.49. The Morgan fingerprint density at radius 1 is 0.880 bits per heavy atom. The summed E-state index contributed by atoms with van der Waals surface area (Å²) >= 11 is 0. The molecule has 126 valence electrons. The normalized spacial score (nSPS) is 10.2. The quantitative estimate of drug-likeness (QED) is 0.701. The predicted molar refractivity (Wildman–Crippen MR) is 97.1 cm³/mol. The lowest BCUT2D eigenvalue weighted by atomic mass is 10.2. The molecule has 0 saturated heterocycles. The van der Waals surface area contributed by atoms with Crippen LogP contribution in [0.1, 0.15) is 10.4 Å². The Morgan fingerprint density at radius 3 is 2.24 bits per heavy atom. The minimum absolute atomic E-state index is 0.0127. The third kappa shape index (κ3) is 3.95. The van der Waals surface area contributed by atoms with Gasteiger partial charge >= 0.3 is 0 Å². The molecule has 0 aliphatic heterocycles. The van der Waals surface area contributed by atoms with E-state index in [1.807, 2.05) is 36.4 Å². The van der Waals surface area contributed by atoms with Crippen molar-refractivity contribution in [3.8, 4) is 5.75 Å². The van der Waals surface area contributed by atoms with Gasteiger partial charge in [0.15, 0.2) is 0 Å². The molecule has 3 aromatic carbocycles. The van der Waals surface area contributed by atoms with Crippen molar-refractivity contribution < 1.29 is 13.9 Å². The molecule has 0 atom stereocenters. The number of amides is 1. The molecule has 0 saturated carbocycles. The minimum Gasteiger partial charge on any atom is -0.495 e. The van der Waals surface area contributed by atoms with Gasteiger partial charge in [-0.05, 0) is 48.5 Å². The highest BCUT2D eigenvalue weighted by Crippen LogP contribution is 2.27. The number of para-hydroxylation sites is 2. The Kier molecular flexibility index (Phi) is 4.95. The van der Waals surface area contributed by atoms with Crippen molar-refractivity contribution >= 4 is 23.0 Å². The van der Waals surface area contributed by atoms with Crippen molar-refractivity contribution in [2.45, 2.75) is 0 Å². The van der Waals surface area contributed by atoms with Crippen molar-refractivity contribution in [1.29, 1.82) is 0 Å². The van der Waals surface area contributed by atoms with Crippen molar-refractivity contribution in [2.24, 2.45) is 0 Å². The first-order valence-corrected chi connectivity index (χ1v) is 7.73. The molecule has 3 rings (SSSR count). The summed E-state index contributed by atoms with van der Waals surface area (Å²) in [5, 5.41) is 5.93. The highest BCUT2D eigenvalue weighted by atomic mass is 19.1. The van der Waals surface area contributed by atoms with Crippen LogP contribution in [0.25, 0.3) is 0 Å². The number of methoxy groups -OCH3 is 1. The molecule has 0 heterocycles. The SMILES string of the molecule is COc1ccccc1Nc1ccc(NC(=O)c2ccccc2F)cc1. The Hall–Kier alpha value is -3.34. The molecule has 1 amide bonds. The zero-order valence-corrected chi connectivity index (χ0v) is 13.6. The Bertz CT molecular complexity index is 879. The Morgan fingerprint density at radius 2 is 1.52 bits per heavy atom. The topological polar surface area (TPSA) is 50.4 Å². The molecule has 0 bridgehead atoms. The summed E-state index contributed by atoms with van der Waals surface area (Å²) in [6.07, 6.45) is 0. The maximum Gasteiger partial charge on any atom is 0.258 e. The maximum absolute atomic E-state index is 13.6. The average Bonchev–Trinajstić information content (AvgIpc) is 2.64. The molecule has 5 heteroatoms. The third-order valence-corrected chi connectivity index (χ3v) is 3.65. The van der Waals surface area contributed by atoms with E-state index in [-0.39, 0.29) is 5.56 Å². The van der Waals surface area contributed by atoms with Gasteiger partial charge in [-0.15, -0.1) is 0 Å². The molecular formula is C20H17FN2O2. The molecule has 0 aromatic heterocycles. The number of benzene rings is 3. The van der Waals surface area contributed by atoms with Gasteiger partial charge in [0.05, 0.1) is 18.4 Å². The minimum atomic E-state index is -0.547. The largest absolute Gasteiger partial charge is 0.495 e. The summed E-state index contributed by atoms with van der Waals surface area (Å²) < 4.78 is 18.9. The van der Waals surface area contributed by atoms with Crippen molar-refractivity contribution in [3.05, 3.63) is 84.2 Å². The first-order chi connectivity index (χ1) is 12.2. The van der Waals surface area contributed by atoms with Gasteiger partial charge in [0.2, 0.25) is 0 Å². The van der Waals surface area contributed by atoms with Crippen LogP contribution in [0.3, 0.4) is 0 Å². The van der Waals surface area contributed by atoms with E-state index in [1.165, 1.54) is 12.1 Å². The average molecular weight is 336 g/mol. The van der Waals surface area contributed by atoms with Crippen molar-refractivity contribution in [2.75, 3.05) is 17.7 Å². The molecular weight excluding hydrogens is 319 g/mol. The number of carbonyl (C=O) groups excluding carboxylic acids is 1. The highest BCUT2D eigenvalue weighted by Gasteiger charge is 2.11. The lowest BCUT2D eigenvalue weighted by Crippen LogP contribution is -2.13. The first-order valence-electron chi connectivity index (χ1n) is 7.73. The van der Waals surface area contributed by atoms with Crippen LogP contribution in [0, 0.1) is 5.82 Å². The Balaban J connectivity index is 1.70. The number of hydrogen-bond donors (Lipinski definition) is 2. The van der Waals surface area contributed by atoms with Gasteiger partial charge in [-0.1, -0.05) is 24.3 Å². The van der Waals surface area contributed by atoms with E-state index in [9.17, 15) is 9.18 Å². The summed E-state index contributed by atoms with van der Waals surface area (Å²) in [6, 6.07) is 20.6. The fourth-order valence-corrected chi connectivity index (χ4v) is 2.38. The summed E-state index contributed by atoms with van der Waals surface area (Å²) in [7, 11) is 1.61. The molecule has 0 unspecified atom stereocenters. The molecule has 0 fully saturated rings. The van der Waals surface area contributed by atoms with Gasteiger partial charge < -0.3 is 15.4 Å². The number of hydrogen-bond acceptors (Lipinski definition) is 3. The number of halogens is 1. The maximum atomic E-state index is 13.6. The van der Waals surface area contributed by atoms with E-state index in [2.05, 4.69) is 10.6 Å². The number of rotatable bonds is 5. The standard InChI is InChI=1S/C20H17FN2O2/c1-25-19-9-5-4-8-18(19)22-14-10-12-15(13-11-14)23-20(24)16-6-2-3-7-17(16)21/h2-13,22H,1H3,(H,23,24). The summed E-state index contributed by atoms with van der Waals surface area (Å²) in [4.78, 5) is 12.1. The Labute approximate surface area is 145 Å². The fraction of sp³-hybridized carbons (Fsp3) is 0.0500. The van der Waals surface area contributed by atoms with Crippen molar-refractivity contribution in [3.63, 3.8) is 0 Å². The number of carbonyl (C=O) groups is 1. The van der Waals surface area contributed by atoms with Crippen LogP contribution in [-0.2, 0) is 0 Å². The van der Waals surface area contributed by atoms with Crippen LogP contribution in [0.2, 0.25) is 0 Å². The van der Waals surface area contributed by atoms with Crippen LogP contribution in [-0.4, -0.2) is 13.0 Å². The van der Waals surface area contributed by atoms with Crippen LogP contribution >= 0.6 is 0 Å². The second-order valence-corrected chi connectivity index (χ2v) is 5.34. The fourth-order valence-electron chi connectivity index (χ4n) is 2.38. The zero-order chi connectivity index (χ0) is 17.6. The molecule has 0 aliphatic rings. The molecule has 0 spiro atoms. The highest BCUT2D eigenvalue weighted by molar-refractivity contribution is 6.04. The van der Waals surface area contributed by atoms with Crippen LogP contribution in [0.4, 0.5) is 21.5 Å². The lowest BCUT2D eigenvalue weighted by Gasteiger charge is -2.12. The van der Waals surface area contributed by atoms with Crippen molar-refractivity contribution in [1.82, 2.24) is 0 Å². The lowest BCUT2D eigenvalue weighted by molar-refractivity contribution is 0.102. The van der Waals surface area contributed by atoms with Gasteiger partial charge in [0.25, 0.3) is 5.91 Å². The number of anilines is 3. The van der Waals surface area contributed by atoms with E-state index in [1.54, 1.807) is 31.4 Å². The van der Waals surface area contributed by atoms with E-state index >= 15 is 0 Å².